The van der Waals surface area contributed by atoms with Gasteiger partial charge in [-0.2, -0.15) is 0 Å². The number of fused-ring (bicyclic) bond motifs is 1. The molecule has 4 aliphatic rings. The molecule has 2 unspecified atom stereocenters. The van der Waals surface area contributed by atoms with Crippen LogP contribution in [-0.4, -0.2) is 72.3 Å². The number of carbonyl (C=O) groups excluding carboxylic acids is 2. The molecule has 43 heavy (non-hydrogen) atoms. The summed E-state index contributed by atoms with van der Waals surface area (Å²) < 4.78 is 13.6. The second kappa shape index (κ2) is 12.5. The van der Waals surface area contributed by atoms with Crippen molar-refractivity contribution in [1.82, 2.24) is 14.7 Å². The summed E-state index contributed by atoms with van der Waals surface area (Å²) in [6.07, 6.45) is 4.65. The largest absolute Gasteiger partial charge is 0.339 e. The first-order chi connectivity index (χ1) is 20.8. The van der Waals surface area contributed by atoms with Crippen molar-refractivity contribution >= 4 is 11.8 Å². The highest BCUT2D eigenvalue weighted by Gasteiger charge is 2.51. The molecule has 2 fully saturated rings. The van der Waals surface area contributed by atoms with Crippen LogP contribution in [0.2, 0.25) is 0 Å². The van der Waals surface area contributed by atoms with Crippen LogP contribution in [0.4, 0.5) is 4.39 Å². The van der Waals surface area contributed by atoms with E-state index in [0.717, 1.165) is 43.1 Å². The van der Waals surface area contributed by atoms with Gasteiger partial charge in [0.25, 0.3) is 5.91 Å². The van der Waals surface area contributed by atoms with Gasteiger partial charge in [0.2, 0.25) is 5.91 Å². The van der Waals surface area contributed by atoms with Crippen molar-refractivity contribution in [2.45, 2.75) is 32.6 Å². The van der Waals surface area contributed by atoms with Crippen molar-refractivity contribution in [2.75, 3.05) is 45.8 Å². The molecule has 0 spiro atoms. The fourth-order valence-electron chi connectivity index (χ4n) is 7.31. The minimum Gasteiger partial charge on any atom is -0.339 e. The third-order valence-electron chi connectivity index (χ3n) is 10.2. The van der Waals surface area contributed by atoms with Crippen LogP contribution in [0.15, 0.2) is 96.6 Å². The smallest absolute Gasteiger partial charge is 0.254 e. The molecule has 7 rings (SSSR count). The molecule has 3 aromatic carbocycles. The first-order valence-corrected chi connectivity index (χ1v) is 15.7. The van der Waals surface area contributed by atoms with Gasteiger partial charge in [0.1, 0.15) is 5.82 Å². The van der Waals surface area contributed by atoms with Gasteiger partial charge in [0.15, 0.2) is 0 Å². The normalized spacial score (nSPS) is 21.2. The van der Waals surface area contributed by atoms with Crippen LogP contribution in [0.25, 0.3) is 0 Å². The second-order valence-electron chi connectivity index (χ2n) is 13.0. The molecule has 6 heteroatoms. The van der Waals surface area contributed by atoms with E-state index < -0.39 is 0 Å². The summed E-state index contributed by atoms with van der Waals surface area (Å²) in [6, 6.07) is 25.9. The first kappa shape index (κ1) is 29.3. The van der Waals surface area contributed by atoms with Gasteiger partial charge < -0.3 is 9.80 Å². The topological polar surface area (TPSA) is 43.9 Å². The molecule has 2 bridgehead atoms. The summed E-state index contributed by atoms with van der Waals surface area (Å²) in [5.74, 6) is 0.682. The fourth-order valence-corrected chi connectivity index (χ4v) is 7.31. The average Bonchev–Trinajstić information content (AvgIpc) is 3.04. The van der Waals surface area contributed by atoms with Crippen molar-refractivity contribution in [3.63, 3.8) is 0 Å². The predicted molar refractivity (Wildman–Crippen MR) is 168 cm³/mol. The van der Waals surface area contributed by atoms with Crippen LogP contribution < -0.4 is 0 Å². The maximum atomic E-state index is 13.9. The van der Waals surface area contributed by atoms with Crippen molar-refractivity contribution in [1.29, 1.82) is 0 Å². The number of benzene rings is 3. The van der Waals surface area contributed by atoms with E-state index >= 15 is 0 Å². The van der Waals surface area contributed by atoms with Gasteiger partial charge >= 0.3 is 0 Å². The molecule has 0 aromatic heterocycles. The Labute approximate surface area is 255 Å². The molecule has 0 radical (unpaired) electrons. The number of hydrogen-bond acceptors (Lipinski definition) is 3. The molecule has 0 N–H and O–H groups in total. The van der Waals surface area contributed by atoms with Gasteiger partial charge in [0, 0.05) is 51.4 Å². The summed E-state index contributed by atoms with van der Waals surface area (Å²) >= 11 is 0. The number of amides is 2. The number of hydrogen-bond donors (Lipinski definition) is 0. The summed E-state index contributed by atoms with van der Waals surface area (Å²) in [7, 11) is 0. The number of nitrogens with zero attached hydrogens (tertiary/aromatic N) is 3. The Hall–Kier alpha value is -3.77. The molecule has 1 saturated carbocycles. The van der Waals surface area contributed by atoms with E-state index in [1.807, 2.05) is 70.5 Å². The molecule has 2 amide bonds. The SMILES string of the molecule is CC1(C)C2CC=C(CN(CCN3CCN(C(=O)C(c4ccccc4)c4ccccc4)CC3)C(=O)c3ccc(F)cc3)C1C2. The van der Waals surface area contributed by atoms with Crippen LogP contribution in [0.3, 0.4) is 0 Å². The number of piperazine rings is 1. The third-order valence-corrected chi connectivity index (χ3v) is 10.2. The number of allylic oxidation sites excluding steroid dienone is 1. The Morgan fingerprint density at radius 2 is 1.49 bits per heavy atom. The minimum absolute atomic E-state index is 0.0532. The van der Waals surface area contributed by atoms with Gasteiger partial charge in [-0.1, -0.05) is 86.2 Å². The Morgan fingerprint density at radius 1 is 0.884 bits per heavy atom. The van der Waals surface area contributed by atoms with Crippen molar-refractivity contribution in [2.24, 2.45) is 17.3 Å². The summed E-state index contributed by atoms with van der Waals surface area (Å²) in [4.78, 5) is 33.8. The summed E-state index contributed by atoms with van der Waals surface area (Å²) in [5.41, 5.74) is 4.19. The maximum Gasteiger partial charge on any atom is 0.254 e. The fraction of sp³-hybridized carbons (Fsp3) is 0.405. The Balaban J connectivity index is 1.11. The molecule has 1 saturated heterocycles. The average molecular weight is 580 g/mol. The van der Waals surface area contributed by atoms with Crippen LogP contribution in [0.5, 0.6) is 0 Å². The van der Waals surface area contributed by atoms with E-state index in [1.54, 1.807) is 12.1 Å². The number of carbonyl (C=O) groups is 2. The minimum atomic E-state index is -0.338. The predicted octanol–water partition coefficient (Wildman–Crippen LogP) is 6.24. The van der Waals surface area contributed by atoms with E-state index in [0.29, 0.717) is 37.7 Å². The van der Waals surface area contributed by atoms with Gasteiger partial charge in [-0.15, -0.1) is 0 Å². The lowest BCUT2D eigenvalue weighted by molar-refractivity contribution is -0.133. The number of halogens is 1. The van der Waals surface area contributed by atoms with Crippen LogP contribution in [0.1, 0.15) is 54.1 Å². The van der Waals surface area contributed by atoms with Crippen LogP contribution >= 0.6 is 0 Å². The number of rotatable bonds is 9. The standard InChI is InChI=1S/C37H42FN3O2/c1-37(2)31-16-13-30(33(37)25-31)26-41(35(42)29-14-17-32(38)18-15-29)24-21-39-19-22-40(23-20-39)36(43)34(27-9-5-3-6-10-27)28-11-7-4-8-12-28/h3-15,17-18,31,33-34H,16,19-26H2,1-2H3. The summed E-state index contributed by atoms with van der Waals surface area (Å²) in [5, 5.41) is 0. The van der Waals surface area contributed by atoms with Crippen molar-refractivity contribution in [3.05, 3.63) is 119 Å². The van der Waals surface area contributed by atoms with E-state index in [2.05, 4.69) is 24.8 Å². The second-order valence-corrected chi connectivity index (χ2v) is 13.0. The van der Waals surface area contributed by atoms with Gasteiger partial charge in [-0.3, -0.25) is 14.5 Å². The Morgan fingerprint density at radius 3 is 2.05 bits per heavy atom. The quantitative estimate of drug-likeness (QED) is 0.282. The first-order valence-electron chi connectivity index (χ1n) is 15.7. The van der Waals surface area contributed by atoms with Gasteiger partial charge in [0.05, 0.1) is 5.92 Å². The van der Waals surface area contributed by atoms with Crippen LogP contribution in [0, 0.1) is 23.1 Å². The molecule has 3 aromatic rings. The van der Waals surface area contributed by atoms with Gasteiger partial charge in [-0.25, -0.2) is 4.39 Å². The zero-order chi connectivity index (χ0) is 30.0. The molecule has 5 nitrogen and oxygen atoms in total. The zero-order valence-corrected chi connectivity index (χ0v) is 25.3. The lowest BCUT2D eigenvalue weighted by Gasteiger charge is -2.57. The van der Waals surface area contributed by atoms with E-state index in [1.165, 1.54) is 24.1 Å². The van der Waals surface area contributed by atoms with Crippen molar-refractivity contribution in [3.8, 4) is 0 Å². The molecule has 2 atom stereocenters. The van der Waals surface area contributed by atoms with E-state index in [4.69, 9.17) is 0 Å². The molecule has 3 aliphatic carbocycles. The van der Waals surface area contributed by atoms with Gasteiger partial charge in [-0.05, 0) is 65.5 Å². The lowest BCUT2D eigenvalue weighted by Crippen LogP contribution is -2.53. The summed E-state index contributed by atoms with van der Waals surface area (Å²) in [6.45, 7) is 9.49. The molecular formula is C37H42FN3O2. The molecule has 1 heterocycles. The zero-order valence-electron chi connectivity index (χ0n) is 25.3. The molecular weight excluding hydrogens is 537 g/mol. The monoisotopic (exact) mass is 579 g/mol. The highest BCUT2D eigenvalue weighted by molar-refractivity contribution is 5.94. The highest BCUT2D eigenvalue weighted by atomic mass is 19.1. The third kappa shape index (κ3) is 6.16. The van der Waals surface area contributed by atoms with Crippen molar-refractivity contribution < 1.29 is 14.0 Å². The Kier molecular flexibility index (Phi) is 8.49. The maximum absolute atomic E-state index is 13.9. The molecule has 224 valence electrons. The van der Waals surface area contributed by atoms with E-state index in [9.17, 15) is 14.0 Å². The highest BCUT2D eigenvalue weighted by Crippen LogP contribution is 2.59. The Bertz CT molecular complexity index is 1410. The lowest BCUT2D eigenvalue weighted by atomic mass is 9.49. The van der Waals surface area contributed by atoms with Crippen LogP contribution in [-0.2, 0) is 4.79 Å². The molecule has 1 aliphatic heterocycles. The van der Waals surface area contributed by atoms with E-state index in [-0.39, 0.29) is 29.0 Å².